The molecule has 6 nitrogen and oxygen atoms in total. The van der Waals surface area contributed by atoms with Gasteiger partial charge in [0, 0.05) is 18.7 Å². The molecule has 0 saturated carbocycles. The molecule has 0 aromatic carbocycles. The van der Waals surface area contributed by atoms with Gasteiger partial charge in [-0.1, -0.05) is 0 Å². The van der Waals surface area contributed by atoms with Crippen LogP contribution < -0.4 is 9.74 Å². The number of alkyl halides is 3. The minimum absolute atomic E-state index is 0.00148. The molecule has 1 aliphatic heterocycles. The highest BCUT2D eigenvalue weighted by Crippen LogP contribution is 2.27. The van der Waals surface area contributed by atoms with Crippen molar-refractivity contribution in [3.05, 3.63) is 28.2 Å². The fourth-order valence-corrected chi connectivity index (χ4v) is 2.00. The van der Waals surface area contributed by atoms with Crippen LogP contribution >= 0.6 is 0 Å². The molecule has 0 amide bonds. The Hall–Kier alpha value is -1.55. The number of nitrogens with zero attached hydrogens (tertiary/aromatic N) is 1. The highest BCUT2D eigenvalue weighted by molar-refractivity contribution is 7.87. The second-order valence-electron chi connectivity index (χ2n) is 3.71. The minimum atomic E-state index is -5.78. The number of pyridine rings is 1. The average Bonchev–Trinajstić information content (AvgIpc) is 2.27. The van der Waals surface area contributed by atoms with E-state index in [-0.39, 0.29) is 18.8 Å². The zero-order valence-corrected chi connectivity index (χ0v) is 10.1. The van der Waals surface area contributed by atoms with E-state index in [4.69, 9.17) is 4.74 Å². The number of ether oxygens (including phenoxy) is 1. The molecule has 0 saturated heterocycles. The summed E-state index contributed by atoms with van der Waals surface area (Å²) >= 11 is 0. The van der Waals surface area contributed by atoms with E-state index in [0.29, 0.717) is 12.7 Å². The van der Waals surface area contributed by atoms with Gasteiger partial charge in [0.2, 0.25) is 0 Å². The number of hydrogen-bond donors (Lipinski definition) is 0. The summed E-state index contributed by atoms with van der Waals surface area (Å²) in [7, 11) is -5.78. The van der Waals surface area contributed by atoms with Crippen LogP contribution in [0, 0.1) is 0 Å². The Morgan fingerprint density at radius 3 is 2.63 bits per heavy atom. The lowest BCUT2D eigenvalue weighted by molar-refractivity contribution is -0.0500. The monoisotopic (exact) mass is 299 g/mol. The number of hydrogen-bond acceptors (Lipinski definition) is 5. The molecule has 10 heteroatoms. The fraction of sp³-hybridized carbons (Fsp3) is 0.444. The third kappa shape index (κ3) is 2.73. The molecular formula is C9H8F3NO5S. The van der Waals surface area contributed by atoms with Crippen LogP contribution in [0.25, 0.3) is 0 Å². The number of rotatable bonds is 2. The van der Waals surface area contributed by atoms with Crippen molar-refractivity contribution in [1.29, 1.82) is 0 Å². The first-order valence-electron chi connectivity index (χ1n) is 5.03. The van der Waals surface area contributed by atoms with Crippen LogP contribution in [0.1, 0.15) is 5.69 Å². The molecule has 0 fully saturated rings. The van der Waals surface area contributed by atoms with E-state index in [1.807, 2.05) is 0 Å². The summed E-state index contributed by atoms with van der Waals surface area (Å²) in [5.41, 5.74) is -5.94. The maximum absolute atomic E-state index is 12.1. The predicted molar refractivity (Wildman–Crippen MR) is 56.0 cm³/mol. The largest absolute Gasteiger partial charge is 0.534 e. The van der Waals surface area contributed by atoms with Crippen molar-refractivity contribution < 1.29 is 30.5 Å². The summed E-state index contributed by atoms with van der Waals surface area (Å²) in [5.74, 6) is -0.681. The summed E-state index contributed by atoms with van der Waals surface area (Å²) in [6.45, 7) is 0.549. The maximum atomic E-state index is 12.1. The van der Waals surface area contributed by atoms with E-state index in [2.05, 4.69) is 4.18 Å². The molecule has 1 aromatic rings. The van der Waals surface area contributed by atoms with E-state index in [1.165, 1.54) is 4.57 Å². The Balaban J connectivity index is 2.38. The molecule has 0 bridgehead atoms. The van der Waals surface area contributed by atoms with Gasteiger partial charge in [0.05, 0.1) is 18.9 Å². The van der Waals surface area contributed by atoms with Gasteiger partial charge in [0.15, 0.2) is 0 Å². The summed E-state index contributed by atoms with van der Waals surface area (Å²) in [6, 6.07) is 1.72. The Bertz CT molecular complexity index is 649. The van der Waals surface area contributed by atoms with Gasteiger partial charge in [-0.15, -0.1) is 0 Å². The third-order valence-corrected chi connectivity index (χ3v) is 3.36. The van der Waals surface area contributed by atoms with E-state index in [9.17, 15) is 26.4 Å². The first-order valence-corrected chi connectivity index (χ1v) is 6.44. The summed E-state index contributed by atoms with van der Waals surface area (Å²) in [6.07, 6.45) is 0. The van der Waals surface area contributed by atoms with Gasteiger partial charge in [-0.05, 0) is 0 Å². The first kappa shape index (κ1) is 13.9. The van der Waals surface area contributed by atoms with E-state index >= 15 is 0 Å². The molecular weight excluding hydrogens is 291 g/mol. The summed E-state index contributed by atoms with van der Waals surface area (Å²) in [4.78, 5) is 11.6. The Morgan fingerprint density at radius 2 is 2.00 bits per heavy atom. The molecule has 19 heavy (non-hydrogen) atoms. The van der Waals surface area contributed by atoms with E-state index in [1.54, 1.807) is 0 Å². The van der Waals surface area contributed by atoms with Gasteiger partial charge < -0.3 is 13.5 Å². The lowest BCUT2D eigenvalue weighted by Gasteiger charge is -2.19. The van der Waals surface area contributed by atoms with Gasteiger partial charge in [0.1, 0.15) is 5.75 Å². The van der Waals surface area contributed by atoms with Crippen molar-refractivity contribution in [3.8, 4) is 5.75 Å². The molecule has 1 aliphatic rings. The summed E-state index contributed by atoms with van der Waals surface area (Å²) < 4.78 is 68.2. The lowest BCUT2D eigenvalue weighted by atomic mass is 10.3. The third-order valence-electron chi connectivity index (χ3n) is 2.39. The zero-order valence-electron chi connectivity index (χ0n) is 9.31. The van der Waals surface area contributed by atoms with Crippen LogP contribution in [0.15, 0.2) is 16.9 Å². The lowest BCUT2D eigenvalue weighted by Crippen LogP contribution is -2.31. The van der Waals surface area contributed by atoms with Gasteiger partial charge in [-0.25, -0.2) is 0 Å². The van der Waals surface area contributed by atoms with E-state index in [0.717, 1.165) is 6.07 Å². The number of aromatic nitrogens is 1. The van der Waals surface area contributed by atoms with Crippen LogP contribution in [0.3, 0.4) is 0 Å². The van der Waals surface area contributed by atoms with Crippen LogP contribution in [-0.4, -0.2) is 25.1 Å². The second kappa shape index (κ2) is 4.53. The number of halogens is 3. The van der Waals surface area contributed by atoms with Crippen molar-refractivity contribution in [2.24, 2.45) is 0 Å². The van der Waals surface area contributed by atoms with Crippen LogP contribution in [0.4, 0.5) is 13.2 Å². The van der Waals surface area contributed by atoms with Gasteiger partial charge >= 0.3 is 15.6 Å². The van der Waals surface area contributed by atoms with Crippen molar-refractivity contribution in [2.45, 2.75) is 18.7 Å². The van der Waals surface area contributed by atoms with Gasteiger partial charge in [-0.2, -0.15) is 21.6 Å². The summed E-state index contributed by atoms with van der Waals surface area (Å²) in [5, 5.41) is 0. The van der Waals surface area contributed by atoms with E-state index < -0.39 is 26.9 Å². The minimum Gasteiger partial charge on any atom is -0.376 e. The quantitative estimate of drug-likeness (QED) is 0.591. The first-order chi connectivity index (χ1) is 8.71. The molecule has 0 atom stereocenters. The van der Waals surface area contributed by atoms with Crippen molar-refractivity contribution >= 4 is 10.1 Å². The fourth-order valence-electron chi connectivity index (χ4n) is 1.55. The SMILES string of the molecule is O=c1cc(OS(=O)(=O)C(F)(F)F)cc2n1CCOC2. The normalized spacial score (nSPS) is 15.9. The zero-order chi connectivity index (χ0) is 14.3. The molecule has 0 spiro atoms. The Kier molecular flexibility index (Phi) is 3.31. The smallest absolute Gasteiger partial charge is 0.376 e. The van der Waals surface area contributed by atoms with Crippen molar-refractivity contribution in [2.75, 3.05) is 6.61 Å². The van der Waals surface area contributed by atoms with Gasteiger partial charge in [-0.3, -0.25) is 4.79 Å². The Labute approximate surface area is 105 Å². The standard InChI is InChI=1S/C9H8F3NO5S/c10-9(11,12)19(15,16)18-7-3-6-5-17-2-1-13(6)8(14)4-7/h3-4H,1-2,5H2. The van der Waals surface area contributed by atoms with Crippen molar-refractivity contribution in [1.82, 2.24) is 4.57 Å². The second-order valence-corrected chi connectivity index (χ2v) is 5.25. The highest BCUT2D eigenvalue weighted by Gasteiger charge is 2.48. The van der Waals surface area contributed by atoms with Crippen LogP contribution in [0.2, 0.25) is 0 Å². The number of fused-ring (bicyclic) bond motifs is 1. The molecule has 2 rings (SSSR count). The molecule has 0 aliphatic carbocycles. The molecule has 106 valence electrons. The van der Waals surface area contributed by atoms with Crippen molar-refractivity contribution in [3.63, 3.8) is 0 Å². The molecule has 2 heterocycles. The molecule has 0 radical (unpaired) electrons. The van der Waals surface area contributed by atoms with Crippen LogP contribution in [0.5, 0.6) is 5.75 Å². The maximum Gasteiger partial charge on any atom is 0.534 e. The van der Waals surface area contributed by atoms with Gasteiger partial charge in [0.25, 0.3) is 5.56 Å². The average molecular weight is 299 g/mol. The van der Waals surface area contributed by atoms with Crippen LogP contribution in [-0.2, 0) is 28.0 Å². The molecule has 0 unspecified atom stereocenters. The Morgan fingerprint density at radius 1 is 1.32 bits per heavy atom. The molecule has 0 N–H and O–H groups in total. The predicted octanol–water partition coefficient (Wildman–Crippen LogP) is 0.607. The molecule has 1 aromatic heterocycles. The topological polar surface area (TPSA) is 74.6 Å². The highest BCUT2D eigenvalue weighted by atomic mass is 32.2.